The molecule has 3 nitrogen and oxygen atoms in total. The van der Waals surface area contributed by atoms with Gasteiger partial charge in [-0.1, -0.05) is 31.5 Å². The van der Waals surface area contributed by atoms with Crippen molar-refractivity contribution in [2.75, 3.05) is 18.8 Å². The Morgan fingerprint density at radius 3 is 2.46 bits per heavy atom. The van der Waals surface area contributed by atoms with Crippen molar-refractivity contribution in [3.05, 3.63) is 0 Å². The van der Waals surface area contributed by atoms with Gasteiger partial charge in [0.15, 0.2) is 0 Å². The van der Waals surface area contributed by atoms with Gasteiger partial charge in [-0.05, 0) is 18.6 Å². The van der Waals surface area contributed by atoms with Gasteiger partial charge in [0.1, 0.15) is 0 Å². The van der Waals surface area contributed by atoms with Gasteiger partial charge in [-0.25, -0.2) is 5.01 Å². The van der Waals surface area contributed by atoms with Crippen molar-refractivity contribution in [3.8, 4) is 0 Å². The Bertz CT molecular complexity index is 156. The van der Waals surface area contributed by atoms with E-state index in [0.717, 1.165) is 18.8 Å². The van der Waals surface area contributed by atoms with Gasteiger partial charge < -0.3 is 0 Å². The number of hydrogen-bond acceptors (Lipinski definition) is 3. The molecule has 0 radical (unpaired) electrons. The van der Waals surface area contributed by atoms with Crippen molar-refractivity contribution in [1.29, 1.82) is 0 Å². The van der Waals surface area contributed by atoms with Gasteiger partial charge >= 0.3 is 0 Å². The van der Waals surface area contributed by atoms with E-state index in [1.807, 2.05) is 6.92 Å². The van der Waals surface area contributed by atoms with E-state index in [4.69, 9.17) is 0 Å². The summed E-state index contributed by atoms with van der Waals surface area (Å²) in [5.74, 6) is 0.847. The first-order chi connectivity index (χ1) is 6.33. The molecule has 1 aliphatic heterocycles. The van der Waals surface area contributed by atoms with Crippen LogP contribution in [-0.4, -0.2) is 29.1 Å². The van der Waals surface area contributed by atoms with Crippen LogP contribution in [0.3, 0.4) is 0 Å². The molecule has 76 valence electrons. The highest BCUT2D eigenvalue weighted by Gasteiger charge is 2.10. The van der Waals surface area contributed by atoms with Crippen LogP contribution in [0.25, 0.3) is 0 Å². The van der Waals surface area contributed by atoms with Crippen LogP contribution in [-0.2, 0) is 0 Å². The predicted molar refractivity (Wildman–Crippen MR) is 56.7 cm³/mol. The first-order valence-corrected chi connectivity index (χ1v) is 6.00. The van der Waals surface area contributed by atoms with Crippen molar-refractivity contribution in [2.45, 2.75) is 32.6 Å². The van der Waals surface area contributed by atoms with Crippen LogP contribution >= 0.6 is 11.8 Å². The summed E-state index contributed by atoms with van der Waals surface area (Å²) in [5.41, 5.74) is 2.92. The maximum absolute atomic E-state index is 11.2. The van der Waals surface area contributed by atoms with Gasteiger partial charge in [0.25, 0.3) is 5.24 Å². The van der Waals surface area contributed by atoms with Gasteiger partial charge in [0.05, 0.1) is 0 Å². The minimum Gasteiger partial charge on any atom is -0.280 e. The third kappa shape index (κ3) is 4.52. The third-order valence-corrected chi connectivity index (χ3v) is 2.77. The smallest absolute Gasteiger partial charge is 0.280 e. The molecule has 1 rings (SSSR count). The summed E-state index contributed by atoms with van der Waals surface area (Å²) in [7, 11) is 0. The zero-order chi connectivity index (χ0) is 9.52. The molecule has 1 aliphatic rings. The Kier molecular flexibility index (Phi) is 5.23. The number of nitrogens with zero attached hydrogens (tertiary/aromatic N) is 1. The summed E-state index contributed by atoms with van der Waals surface area (Å²) in [4.78, 5) is 11.2. The number of amides is 1. The van der Waals surface area contributed by atoms with Crippen molar-refractivity contribution < 1.29 is 4.79 Å². The lowest BCUT2D eigenvalue weighted by Crippen LogP contribution is -2.40. The number of hydrazine groups is 1. The summed E-state index contributed by atoms with van der Waals surface area (Å²) in [5, 5.41) is 2.14. The molecule has 1 amide bonds. The van der Waals surface area contributed by atoms with E-state index in [9.17, 15) is 4.79 Å². The molecule has 0 saturated carbocycles. The summed E-state index contributed by atoms with van der Waals surface area (Å²) >= 11 is 1.34. The van der Waals surface area contributed by atoms with Crippen LogP contribution in [0, 0.1) is 0 Å². The summed E-state index contributed by atoms with van der Waals surface area (Å²) < 4.78 is 0. The van der Waals surface area contributed by atoms with Crippen molar-refractivity contribution in [3.63, 3.8) is 0 Å². The van der Waals surface area contributed by atoms with Gasteiger partial charge in [0, 0.05) is 13.1 Å². The van der Waals surface area contributed by atoms with Crippen LogP contribution in [0.5, 0.6) is 0 Å². The first-order valence-electron chi connectivity index (χ1n) is 5.01. The Morgan fingerprint density at radius 1 is 1.31 bits per heavy atom. The van der Waals surface area contributed by atoms with Crippen LogP contribution in [0.2, 0.25) is 0 Å². The standard InChI is InChI=1S/C9H18N2OS/c1-2-13-9(12)10-11-7-5-3-4-6-8-11/h2-8H2,1H3,(H,10,12). The maximum atomic E-state index is 11.2. The molecule has 1 heterocycles. The van der Waals surface area contributed by atoms with Crippen molar-refractivity contribution >= 4 is 17.0 Å². The predicted octanol–water partition coefficient (Wildman–Crippen LogP) is 2.24. The lowest BCUT2D eigenvalue weighted by Gasteiger charge is -2.19. The van der Waals surface area contributed by atoms with Crippen LogP contribution < -0.4 is 5.43 Å². The molecule has 0 aromatic rings. The molecule has 4 heteroatoms. The lowest BCUT2D eigenvalue weighted by molar-refractivity contribution is 0.198. The van der Waals surface area contributed by atoms with Crippen molar-refractivity contribution in [2.24, 2.45) is 0 Å². The molecule has 0 atom stereocenters. The molecule has 1 fully saturated rings. The quantitative estimate of drug-likeness (QED) is 0.745. The summed E-state index contributed by atoms with van der Waals surface area (Å²) in [6, 6.07) is 0. The zero-order valence-corrected chi connectivity index (χ0v) is 9.03. The highest BCUT2D eigenvalue weighted by atomic mass is 32.2. The number of rotatable bonds is 2. The second-order valence-electron chi connectivity index (χ2n) is 3.23. The van der Waals surface area contributed by atoms with E-state index in [2.05, 4.69) is 10.4 Å². The Balaban J connectivity index is 2.21. The van der Waals surface area contributed by atoms with E-state index < -0.39 is 0 Å². The van der Waals surface area contributed by atoms with E-state index in [1.54, 1.807) is 0 Å². The normalized spacial score (nSPS) is 19.5. The highest BCUT2D eigenvalue weighted by Crippen LogP contribution is 2.09. The maximum Gasteiger partial charge on any atom is 0.293 e. The summed E-state index contributed by atoms with van der Waals surface area (Å²) in [6.07, 6.45) is 5.01. The molecule has 0 aromatic carbocycles. The number of carbonyl (C=O) groups excluding carboxylic acids is 1. The minimum atomic E-state index is 0.0874. The molecule has 1 N–H and O–H groups in total. The Labute approximate surface area is 84.2 Å². The van der Waals surface area contributed by atoms with E-state index in [-0.39, 0.29) is 5.24 Å². The molecular weight excluding hydrogens is 184 g/mol. The molecule has 0 aromatic heterocycles. The summed E-state index contributed by atoms with van der Waals surface area (Å²) in [6.45, 7) is 4.01. The monoisotopic (exact) mass is 202 g/mol. The van der Waals surface area contributed by atoms with Crippen LogP contribution in [0.15, 0.2) is 0 Å². The Hall–Kier alpha value is -0.220. The van der Waals surface area contributed by atoms with Gasteiger partial charge in [-0.15, -0.1) is 0 Å². The van der Waals surface area contributed by atoms with Crippen LogP contribution in [0.1, 0.15) is 32.6 Å². The third-order valence-electron chi connectivity index (χ3n) is 2.13. The Morgan fingerprint density at radius 2 is 1.92 bits per heavy atom. The molecular formula is C9H18N2OS. The largest absolute Gasteiger partial charge is 0.293 e. The van der Waals surface area contributed by atoms with E-state index in [1.165, 1.54) is 37.4 Å². The molecule has 0 bridgehead atoms. The molecule has 0 spiro atoms. The van der Waals surface area contributed by atoms with Gasteiger partial charge in [0.2, 0.25) is 0 Å². The zero-order valence-electron chi connectivity index (χ0n) is 8.21. The first kappa shape index (κ1) is 10.9. The fourth-order valence-corrected chi connectivity index (χ4v) is 1.93. The van der Waals surface area contributed by atoms with Gasteiger partial charge in [-0.3, -0.25) is 10.2 Å². The average Bonchev–Trinajstić information content (AvgIpc) is 2.33. The van der Waals surface area contributed by atoms with Gasteiger partial charge in [-0.2, -0.15) is 0 Å². The average molecular weight is 202 g/mol. The number of carbonyl (C=O) groups is 1. The molecule has 1 saturated heterocycles. The fourth-order valence-electron chi connectivity index (χ4n) is 1.47. The topological polar surface area (TPSA) is 32.3 Å². The second-order valence-corrected chi connectivity index (χ2v) is 4.47. The SMILES string of the molecule is CCSC(=O)NN1CCCCCC1. The molecule has 0 aliphatic carbocycles. The minimum absolute atomic E-state index is 0.0874. The van der Waals surface area contributed by atoms with Crippen LogP contribution in [0.4, 0.5) is 4.79 Å². The van der Waals surface area contributed by atoms with Crippen molar-refractivity contribution in [1.82, 2.24) is 10.4 Å². The number of thioether (sulfide) groups is 1. The number of nitrogens with one attached hydrogen (secondary N) is 1. The molecule has 0 unspecified atom stereocenters. The van der Waals surface area contributed by atoms with E-state index >= 15 is 0 Å². The number of hydrogen-bond donors (Lipinski definition) is 1. The fraction of sp³-hybridized carbons (Fsp3) is 0.889. The molecule has 13 heavy (non-hydrogen) atoms. The highest BCUT2D eigenvalue weighted by molar-refractivity contribution is 8.13. The second kappa shape index (κ2) is 6.27. The lowest BCUT2D eigenvalue weighted by atomic mass is 10.2. The van der Waals surface area contributed by atoms with E-state index in [0.29, 0.717) is 0 Å².